The van der Waals surface area contributed by atoms with Crippen LogP contribution in [0.5, 0.6) is 0 Å². The standard InChI is InChI=1S/C9H11BF2/c1-4-5-8(6-7(2)10)9(3,11)12/h6,8H,1-3H3/b7-6+. The van der Waals surface area contributed by atoms with E-state index < -0.39 is 11.8 Å². The van der Waals surface area contributed by atoms with E-state index in [9.17, 15) is 8.78 Å². The van der Waals surface area contributed by atoms with Crippen molar-refractivity contribution >= 4 is 7.85 Å². The fraction of sp³-hybridized carbons (Fsp3) is 0.556. The maximum atomic E-state index is 12.7. The zero-order chi connectivity index (χ0) is 9.78. The molecule has 64 valence electrons. The van der Waals surface area contributed by atoms with Gasteiger partial charge >= 0.3 is 0 Å². The minimum absolute atomic E-state index is 0.365. The Hall–Kier alpha value is -0.775. The van der Waals surface area contributed by atoms with Gasteiger partial charge in [-0.1, -0.05) is 18.9 Å². The Bertz CT molecular complexity index is 223. The fourth-order valence-electron chi connectivity index (χ4n) is 0.733. The van der Waals surface area contributed by atoms with Crippen molar-refractivity contribution in [2.24, 2.45) is 5.92 Å². The Morgan fingerprint density at radius 3 is 2.33 bits per heavy atom. The van der Waals surface area contributed by atoms with Crippen molar-refractivity contribution in [1.29, 1.82) is 0 Å². The Balaban J connectivity index is 4.65. The average molecular weight is 168 g/mol. The Kier molecular flexibility index (Phi) is 4.02. The van der Waals surface area contributed by atoms with Crippen LogP contribution >= 0.6 is 0 Å². The molecule has 1 unspecified atom stereocenters. The SMILES string of the molecule is [B]/C(C)=C/C(C#CC)C(C)(F)F. The lowest BCUT2D eigenvalue weighted by molar-refractivity contribution is -0.00110. The summed E-state index contributed by atoms with van der Waals surface area (Å²) in [5.74, 6) is 0.941. The summed E-state index contributed by atoms with van der Waals surface area (Å²) in [4.78, 5) is 0. The van der Waals surface area contributed by atoms with E-state index in [0.717, 1.165) is 6.92 Å². The summed E-state index contributed by atoms with van der Waals surface area (Å²) in [7, 11) is 5.28. The molecule has 1 atom stereocenters. The third-order valence-electron chi connectivity index (χ3n) is 1.28. The van der Waals surface area contributed by atoms with Gasteiger partial charge in [-0.3, -0.25) is 0 Å². The van der Waals surface area contributed by atoms with E-state index in [2.05, 4.69) is 11.8 Å². The van der Waals surface area contributed by atoms with Gasteiger partial charge in [-0.05, 0) is 6.92 Å². The molecule has 0 aromatic heterocycles. The average Bonchev–Trinajstić information content (AvgIpc) is 1.83. The highest BCUT2D eigenvalue weighted by molar-refractivity contribution is 6.21. The van der Waals surface area contributed by atoms with Gasteiger partial charge < -0.3 is 0 Å². The maximum absolute atomic E-state index is 12.7. The van der Waals surface area contributed by atoms with Crippen LogP contribution < -0.4 is 0 Å². The summed E-state index contributed by atoms with van der Waals surface area (Å²) in [5.41, 5.74) is 0.365. The van der Waals surface area contributed by atoms with Crippen LogP contribution in [-0.4, -0.2) is 13.8 Å². The summed E-state index contributed by atoms with van der Waals surface area (Å²) < 4.78 is 25.5. The number of allylic oxidation sites excluding steroid dienone is 2. The van der Waals surface area contributed by atoms with Crippen molar-refractivity contribution in [2.75, 3.05) is 0 Å². The van der Waals surface area contributed by atoms with Gasteiger partial charge in [0, 0.05) is 6.92 Å². The topological polar surface area (TPSA) is 0 Å². The van der Waals surface area contributed by atoms with E-state index in [-0.39, 0.29) is 0 Å². The number of hydrogen-bond donors (Lipinski definition) is 0. The third-order valence-corrected chi connectivity index (χ3v) is 1.28. The van der Waals surface area contributed by atoms with Crippen molar-refractivity contribution in [2.45, 2.75) is 26.7 Å². The first-order valence-corrected chi connectivity index (χ1v) is 3.62. The van der Waals surface area contributed by atoms with E-state index in [1.165, 1.54) is 13.0 Å². The van der Waals surface area contributed by atoms with Crippen LogP contribution in [0.4, 0.5) is 8.78 Å². The first kappa shape index (κ1) is 11.2. The Labute approximate surface area is 73.5 Å². The molecule has 0 bridgehead atoms. The summed E-state index contributed by atoms with van der Waals surface area (Å²) >= 11 is 0. The highest BCUT2D eigenvalue weighted by Gasteiger charge is 2.30. The zero-order valence-corrected chi connectivity index (χ0v) is 7.49. The molecule has 0 amide bonds. The molecule has 0 nitrogen and oxygen atoms in total. The third kappa shape index (κ3) is 4.18. The molecule has 0 fully saturated rings. The molecule has 0 aromatic rings. The lowest BCUT2D eigenvalue weighted by atomic mass is 9.91. The quantitative estimate of drug-likeness (QED) is 0.438. The smallest absolute Gasteiger partial charge is 0.205 e. The predicted molar refractivity (Wildman–Crippen MR) is 47.1 cm³/mol. The number of hydrogen-bond acceptors (Lipinski definition) is 0. The molecule has 12 heavy (non-hydrogen) atoms. The van der Waals surface area contributed by atoms with E-state index in [0.29, 0.717) is 5.47 Å². The largest absolute Gasteiger partial charge is 0.262 e. The van der Waals surface area contributed by atoms with Crippen molar-refractivity contribution in [1.82, 2.24) is 0 Å². The van der Waals surface area contributed by atoms with Crippen molar-refractivity contribution < 1.29 is 8.78 Å². The van der Waals surface area contributed by atoms with E-state index in [1.807, 2.05) is 0 Å². The molecule has 3 heteroatoms. The normalized spacial score (nSPS) is 14.9. The molecule has 0 aromatic carbocycles. The summed E-state index contributed by atoms with van der Waals surface area (Å²) in [6.45, 7) is 3.93. The molecule has 0 saturated heterocycles. The second-order valence-electron chi connectivity index (χ2n) is 2.74. The van der Waals surface area contributed by atoms with Crippen molar-refractivity contribution in [3.8, 4) is 11.8 Å². The Morgan fingerprint density at radius 1 is 1.58 bits per heavy atom. The molecule has 0 N–H and O–H groups in total. The molecule has 0 heterocycles. The molecule has 0 spiro atoms. The molecule has 2 radical (unpaired) electrons. The Morgan fingerprint density at radius 2 is 2.08 bits per heavy atom. The van der Waals surface area contributed by atoms with Gasteiger partial charge in [0.15, 0.2) is 0 Å². The van der Waals surface area contributed by atoms with Gasteiger partial charge in [-0.25, -0.2) is 8.78 Å². The minimum Gasteiger partial charge on any atom is -0.205 e. The van der Waals surface area contributed by atoms with Gasteiger partial charge in [0.2, 0.25) is 0 Å². The van der Waals surface area contributed by atoms with Gasteiger partial charge in [0.05, 0.1) is 0 Å². The van der Waals surface area contributed by atoms with Crippen molar-refractivity contribution in [3.05, 3.63) is 11.5 Å². The lowest BCUT2D eigenvalue weighted by Crippen LogP contribution is -2.21. The maximum Gasteiger partial charge on any atom is 0.262 e. The first-order chi connectivity index (χ1) is 5.38. The van der Waals surface area contributed by atoms with Crippen LogP contribution in [0.1, 0.15) is 20.8 Å². The highest BCUT2D eigenvalue weighted by atomic mass is 19.3. The molecule has 0 saturated carbocycles. The van der Waals surface area contributed by atoms with Crippen LogP contribution in [0.25, 0.3) is 0 Å². The molecule has 0 rings (SSSR count). The van der Waals surface area contributed by atoms with E-state index >= 15 is 0 Å². The molecule has 0 aliphatic carbocycles. The van der Waals surface area contributed by atoms with Crippen LogP contribution in [-0.2, 0) is 0 Å². The summed E-state index contributed by atoms with van der Waals surface area (Å²) in [5, 5.41) is 0. The fourth-order valence-corrected chi connectivity index (χ4v) is 0.733. The molecule has 0 aliphatic rings. The number of rotatable bonds is 2. The summed E-state index contributed by atoms with van der Waals surface area (Å²) in [6.07, 6.45) is 1.27. The van der Waals surface area contributed by atoms with Crippen LogP contribution in [0.15, 0.2) is 11.5 Å². The number of alkyl halides is 2. The highest BCUT2D eigenvalue weighted by Crippen LogP contribution is 2.24. The van der Waals surface area contributed by atoms with Crippen LogP contribution in [0.3, 0.4) is 0 Å². The molecular formula is C9H11BF2. The second kappa shape index (κ2) is 4.30. The van der Waals surface area contributed by atoms with E-state index in [1.54, 1.807) is 6.92 Å². The van der Waals surface area contributed by atoms with E-state index in [4.69, 9.17) is 7.85 Å². The minimum atomic E-state index is -2.83. The zero-order valence-electron chi connectivity index (χ0n) is 7.49. The first-order valence-electron chi connectivity index (χ1n) is 3.62. The van der Waals surface area contributed by atoms with Gasteiger partial charge in [-0.2, -0.15) is 0 Å². The lowest BCUT2D eigenvalue weighted by Gasteiger charge is -2.15. The number of halogens is 2. The van der Waals surface area contributed by atoms with Crippen LogP contribution in [0, 0.1) is 17.8 Å². The van der Waals surface area contributed by atoms with Crippen molar-refractivity contribution in [3.63, 3.8) is 0 Å². The predicted octanol–water partition coefficient (Wildman–Crippen LogP) is 2.35. The van der Waals surface area contributed by atoms with Gasteiger partial charge in [0.25, 0.3) is 5.92 Å². The molecule has 0 aliphatic heterocycles. The van der Waals surface area contributed by atoms with Gasteiger partial charge in [0.1, 0.15) is 13.8 Å². The van der Waals surface area contributed by atoms with Crippen LogP contribution in [0.2, 0.25) is 0 Å². The second-order valence-corrected chi connectivity index (χ2v) is 2.74. The molecular weight excluding hydrogens is 157 g/mol. The summed E-state index contributed by atoms with van der Waals surface area (Å²) in [6, 6.07) is 0. The van der Waals surface area contributed by atoms with Gasteiger partial charge in [-0.15, -0.1) is 11.4 Å². The monoisotopic (exact) mass is 168 g/mol.